The average Bonchev–Trinajstić information content (AvgIpc) is 2.67. The molecule has 0 saturated heterocycles. The van der Waals surface area contributed by atoms with Crippen molar-refractivity contribution in [3.8, 4) is 11.1 Å². The molecule has 0 radical (unpaired) electrons. The Morgan fingerprint density at radius 1 is 1.11 bits per heavy atom. The third-order valence-corrected chi connectivity index (χ3v) is 3.13. The van der Waals surface area contributed by atoms with Crippen molar-refractivity contribution in [3.63, 3.8) is 0 Å². The van der Waals surface area contributed by atoms with Crippen LogP contribution in [0.2, 0.25) is 0 Å². The molecule has 1 N–H and O–H groups in total. The zero-order valence-electron chi connectivity index (χ0n) is 11.1. The summed E-state index contributed by atoms with van der Waals surface area (Å²) in [5.74, 6) is 0.589. The lowest BCUT2D eigenvalue weighted by molar-refractivity contribution is 0.810. The highest BCUT2D eigenvalue weighted by molar-refractivity contribution is 5.79. The summed E-state index contributed by atoms with van der Waals surface area (Å²) in [6.07, 6.45) is 0. The van der Waals surface area contributed by atoms with Gasteiger partial charge < -0.3 is 0 Å². The van der Waals surface area contributed by atoms with Gasteiger partial charge in [0, 0.05) is 5.56 Å². The standard InChI is InChI=1S/C14H14N4O/c1-8-4-6-11(7-5-8)12-9(2)17-18-13(12)15-10(3)16-14(18)19/h4-7H,1-3H3,(H,15,16,19). The van der Waals surface area contributed by atoms with Crippen molar-refractivity contribution in [2.45, 2.75) is 20.8 Å². The predicted octanol–water partition coefficient (Wildman–Crippen LogP) is 2.01. The fourth-order valence-corrected chi connectivity index (χ4v) is 2.21. The molecule has 1 aromatic carbocycles. The monoisotopic (exact) mass is 254 g/mol. The number of fused-ring (bicyclic) bond motifs is 1. The number of hydrogen-bond acceptors (Lipinski definition) is 3. The summed E-state index contributed by atoms with van der Waals surface area (Å²) < 4.78 is 1.32. The first-order chi connectivity index (χ1) is 9.06. The van der Waals surface area contributed by atoms with Crippen LogP contribution in [0, 0.1) is 20.8 Å². The second kappa shape index (κ2) is 4.05. The summed E-state index contributed by atoms with van der Waals surface area (Å²) in [5, 5.41) is 4.26. The van der Waals surface area contributed by atoms with E-state index in [1.165, 1.54) is 10.1 Å². The van der Waals surface area contributed by atoms with Gasteiger partial charge in [0.2, 0.25) is 0 Å². The topological polar surface area (TPSA) is 63.1 Å². The SMILES string of the molecule is Cc1ccc(-c2c(C)nn3c(=O)[nH]c(C)nc23)cc1. The summed E-state index contributed by atoms with van der Waals surface area (Å²) in [4.78, 5) is 18.9. The van der Waals surface area contributed by atoms with E-state index in [1.807, 2.05) is 38.1 Å². The Morgan fingerprint density at radius 2 is 1.79 bits per heavy atom. The Kier molecular flexibility index (Phi) is 2.48. The van der Waals surface area contributed by atoms with Crippen LogP contribution in [-0.2, 0) is 0 Å². The van der Waals surface area contributed by atoms with Gasteiger partial charge in [-0.25, -0.2) is 9.78 Å². The molecule has 96 valence electrons. The summed E-state index contributed by atoms with van der Waals surface area (Å²) >= 11 is 0. The minimum atomic E-state index is -0.260. The first kappa shape index (κ1) is 11.6. The molecule has 0 aliphatic rings. The van der Waals surface area contributed by atoms with Gasteiger partial charge in [0.25, 0.3) is 0 Å². The van der Waals surface area contributed by atoms with Gasteiger partial charge >= 0.3 is 5.69 Å². The summed E-state index contributed by atoms with van der Waals surface area (Å²) in [7, 11) is 0. The average molecular weight is 254 g/mol. The molecule has 0 amide bonds. The lowest BCUT2D eigenvalue weighted by atomic mass is 10.0. The number of hydrogen-bond donors (Lipinski definition) is 1. The maximum Gasteiger partial charge on any atom is 0.349 e. The van der Waals surface area contributed by atoms with Gasteiger partial charge in [0.1, 0.15) is 5.82 Å². The molecule has 0 unspecified atom stereocenters. The van der Waals surface area contributed by atoms with Crippen molar-refractivity contribution in [1.29, 1.82) is 0 Å². The van der Waals surface area contributed by atoms with Crippen molar-refractivity contribution in [2.24, 2.45) is 0 Å². The van der Waals surface area contributed by atoms with Crippen molar-refractivity contribution in [1.82, 2.24) is 19.6 Å². The first-order valence-electron chi connectivity index (χ1n) is 6.09. The van der Waals surface area contributed by atoms with Crippen LogP contribution in [0.15, 0.2) is 29.1 Å². The number of H-pyrrole nitrogens is 1. The van der Waals surface area contributed by atoms with E-state index < -0.39 is 0 Å². The lowest BCUT2D eigenvalue weighted by Gasteiger charge is -2.01. The number of benzene rings is 1. The molecule has 0 bridgehead atoms. The number of aromatic amines is 1. The molecule has 0 aliphatic heterocycles. The van der Waals surface area contributed by atoms with Crippen LogP contribution in [0.25, 0.3) is 16.8 Å². The third kappa shape index (κ3) is 1.83. The van der Waals surface area contributed by atoms with E-state index in [2.05, 4.69) is 15.1 Å². The van der Waals surface area contributed by atoms with E-state index in [4.69, 9.17) is 0 Å². The molecule has 0 spiro atoms. The Morgan fingerprint density at radius 3 is 2.47 bits per heavy atom. The molecule has 0 atom stereocenters. The second-order valence-electron chi connectivity index (χ2n) is 4.69. The van der Waals surface area contributed by atoms with Crippen LogP contribution < -0.4 is 5.69 Å². The number of nitrogens with zero attached hydrogens (tertiary/aromatic N) is 3. The number of aromatic nitrogens is 4. The van der Waals surface area contributed by atoms with Crippen LogP contribution in [0.4, 0.5) is 0 Å². The second-order valence-corrected chi connectivity index (χ2v) is 4.69. The van der Waals surface area contributed by atoms with Crippen molar-refractivity contribution in [3.05, 3.63) is 51.8 Å². The van der Waals surface area contributed by atoms with Crippen LogP contribution in [0.5, 0.6) is 0 Å². The smallest absolute Gasteiger partial charge is 0.294 e. The van der Waals surface area contributed by atoms with Gasteiger partial charge in [-0.1, -0.05) is 29.8 Å². The zero-order valence-corrected chi connectivity index (χ0v) is 11.1. The molecule has 0 saturated carbocycles. The van der Waals surface area contributed by atoms with Gasteiger partial charge in [0.15, 0.2) is 5.65 Å². The molecule has 3 aromatic rings. The Hall–Kier alpha value is -2.43. The Labute approximate surface area is 109 Å². The van der Waals surface area contributed by atoms with E-state index in [0.717, 1.165) is 16.8 Å². The quantitative estimate of drug-likeness (QED) is 0.722. The van der Waals surface area contributed by atoms with Crippen LogP contribution >= 0.6 is 0 Å². The van der Waals surface area contributed by atoms with Gasteiger partial charge in [-0.3, -0.25) is 4.98 Å². The Bertz CT molecular complexity index is 812. The van der Waals surface area contributed by atoms with Gasteiger partial charge in [-0.2, -0.15) is 9.61 Å². The van der Waals surface area contributed by atoms with Gasteiger partial charge in [-0.05, 0) is 26.3 Å². The minimum Gasteiger partial charge on any atom is -0.294 e. The number of nitrogens with one attached hydrogen (secondary N) is 1. The molecular formula is C14H14N4O. The molecule has 19 heavy (non-hydrogen) atoms. The molecule has 3 rings (SSSR count). The van der Waals surface area contributed by atoms with Crippen LogP contribution in [0.1, 0.15) is 17.1 Å². The normalized spacial score (nSPS) is 11.1. The van der Waals surface area contributed by atoms with E-state index in [-0.39, 0.29) is 5.69 Å². The van der Waals surface area contributed by atoms with Gasteiger partial charge in [0.05, 0.1) is 5.69 Å². The summed E-state index contributed by atoms with van der Waals surface area (Å²) in [5.41, 5.74) is 4.27. The van der Waals surface area contributed by atoms with Crippen molar-refractivity contribution in [2.75, 3.05) is 0 Å². The molecule has 2 aromatic heterocycles. The molecule has 0 aliphatic carbocycles. The predicted molar refractivity (Wildman–Crippen MR) is 73.3 cm³/mol. The fourth-order valence-electron chi connectivity index (χ4n) is 2.21. The third-order valence-electron chi connectivity index (χ3n) is 3.13. The molecule has 5 nitrogen and oxygen atoms in total. The van der Waals surface area contributed by atoms with Crippen molar-refractivity contribution >= 4 is 5.65 Å². The molecule has 2 heterocycles. The van der Waals surface area contributed by atoms with Crippen molar-refractivity contribution < 1.29 is 0 Å². The highest BCUT2D eigenvalue weighted by atomic mass is 16.1. The molecule has 0 fully saturated rings. The number of aryl methyl sites for hydroxylation is 3. The summed E-state index contributed by atoms with van der Waals surface area (Å²) in [6, 6.07) is 8.13. The van der Waals surface area contributed by atoms with E-state index in [0.29, 0.717) is 11.5 Å². The van der Waals surface area contributed by atoms with Gasteiger partial charge in [-0.15, -0.1) is 0 Å². The first-order valence-corrected chi connectivity index (χ1v) is 6.09. The lowest BCUT2D eigenvalue weighted by Crippen LogP contribution is -2.19. The maximum atomic E-state index is 11.9. The number of rotatable bonds is 1. The zero-order chi connectivity index (χ0) is 13.6. The Balaban J connectivity index is 2.37. The highest BCUT2D eigenvalue weighted by Crippen LogP contribution is 2.26. The van der Waals surface area contributed by atoms with E-state index in [9.17, 15) is 4.79 Å². The molecule has 5 heteroatoms. The fraction of sp³-hybridized carbons (Fsp3) is 0.214. The molecular weight excluding hydrogens is 240 g/mol. The highest BCUT2D eigenvalue weighted by Gasteiger charge is 2.14. The van der Waals surface area contributed by atoms with Crippen LogP contribution in [-0.4, -0.2) is 19.6 Å². The largest absolute Gasteiger partial charge is 0.349 e. The van der Waals surface area contributed by atoms with E-state index >= 15 is 0 Å². The van der Waals surface area contributed by atoms with Crippen LogP contribution in [0.3, 0.4) is 0 Å². The maximum absolute atomic E-state index is 11.9. The van der Waals surface area contributed by atoms with E-state index in [1.54, 1.807) is 6.92 Å². The minimum absolute atomic E-state index is 0.260. The summed E-state index contributed by atoms with van der Waals surface area (Å²) in [6.45, 7) is 5.70.